The van der Waals surface area contributed by atoms with E-state index in [-0.39, 0.29) is 5.97 Å². The van der Waals surface area contributed by atoms with Crippen LogP contribution in [-0.2, 0) is 11.3 Å². The van der Waals surface area contributed by atoms with Crippen LogP contribution in [0.1, 0.15) is 15.9 Å². The van der Waals surface area contributed by atoms with Gasteiger partial charge in [-0.2, -0.15) is 0 Å². The van der Waals surface area contributed by atoms with Crippen LogP contribution < -0.4 is 5.32 Å². The molecule has 0 aromatic heterocycles. The number of carbonyl (C=O) groups is 1. The molecule has 104 valence electrons. The van der Waals surface area contributed by atoms with E-state index in [9.17, 15) is 4.79 Å². The zero-order chi connectivity index (χ0) is 14.5. The molecule has 1 N–H and O–H groups in total. The molecule has 20 heavy (non-hydrogen) atoms. The van der Waals surface area contributed by atoms with E-state index in [0.717, 1.165) is 20.2 Å². The van der Waals surface area contributed by atoms with Crippen molar-refractivity contribution in [2.24, 2.45) is 0 Å². The van der Waals surface area contributed by atoms with Crippen molar-refractivity contribution in [2.45, 2.75) is 6.54 Å². The second kappa shape index (κ2) is 6.90. The first-order valence-corrected chi connectivity index (χ1v) is 7.55. The normalized spacial score (nSPS) is 10.2. The van der Waals surface area contributed by atoms with Crippen LogP contribution >= 0.6 is 31.9 Å². The molecule has 0 bridgehead atoms. The Morgan fingerprint density at radius 1 is 1.15 bits per heavy atom. The van der Waals surface area contributed by atoms with Crippen LogP contribution in [0.2, 0.25) is 0 Å². The SMILES string of the molecule is COC(=O)c1ccc(CNc2ccc(Br)cc2Br)cc1. The summed E-state index contributed by atoms with van der Waals surface area (Å²) >= 11 is 6.93. The predicted octanol–water partition coefficient (Wildman–Crippen LogP) is 4.61. The highest BCUT2D eigenvalue weighted by Crippen LogP contribution is 2.26. The number of carbonyl (C=O) groups excluding carboxylic acids is 1. The predicted molar refractivity (Wildman–Crippen MR) is 87.0 cm³/mol. The monoisotopic (exact) mass is 397 g/mol. The molecule has 0 amide bonds. The first-order valence-electron chi connectivity index (χ1n) is 5.96. The Morgan fingerprint density at radius 2 is 1.85 bits per heavy atom. The maximum absolute atomic E-state index is 11.3. The molecule has 2 aromatic carbocycles. The van der Waals surface area contributed by atoms with Crippen LogP contribution in [-0.4, -0.2) is 13.1 Å². The van der Waals surface area contributed by atoms with Crippen LogP contribution in [0.3, 0.4) is 0 Å². The van der Waals surface area contributed by atoms with Gasteiger partial charge in [-0.15, -0.1) is 0 Å². The Kier molecular flexibility index (Phi) is 5.20. The van der Waals surface area contributed by atoms with Crippen molar-refractivity contribution in [1.29, 1.82) is 0 Å². The van der Waals surface area contributed by atoms with Crippen LogP contribution in [0.15, 0.2) is 51.4 Å². The smallest absolute Gasteiger partial charge is 0.337 e. The number of anilines is 1. The lowest BCUT2D eigenvalue weighted by Gasteiger charge is -2.09. The van der Waals surface area contributed by atoms with E-state index in [1.165, 1.54) is 7.11 Å². The molecule has 0 fully saturated rings. The fraction of sp³-hybridized carbons (Fsp3) is 0.133. The summed E-state index contributed by atoms with van der Waals surface area (Å²) in [6, 6.07) is 13.3. The number of ether oxygens (including phenoxy) is 1. The second-order valence-corrected chi connectivity index (χ2v) is 5.94. The lowest BCUT2D eigenvalue weighted by molar-refractivity contribution is 0.0600. The molecule has 0 aliphatic rings. The van der Waals surface area contributed by atoms with Crippen molar-refractivity contribution >= 4 is 43.5 Å². The number of esters is 1. The summed E-state index contributed by atoms with van der Waals surface area (Å²) in [5.41, 5.74) is 2.67. The summed E-state index contributed by atoms with van der Waals surface area (Å²) in [4.78, 5) is 11.3. The molecule has 0 saturated carbocycles. The molecule has 0 unspecified atom stereocenters. The molecule has 0 radical (unpaired) electrons. The Morgan fingerprint density at radius 3 is 2.45 bits per heavy atom. The van der Waals surface area contributed by atoms with Gasteiger partial charge in [0.2, 0.25) is 0 Å². The molecule has 3 nitrogen and oxygen atoms in total. The summed E-state index contributed by atoms with van der Waals surface area (Å²) < 4.78 is 6.69. The minimum Gasteiger partial charge on any atom is -0.465 e. The number of benzene rings is 2. The van der Waals surface area contributed by atoms with Gasteiger partial charge >= 0.3 is 5.97 Å². The zero-order valence-corrected chi connectivity index (χ0v) is 14.0. The first kappa shape index (κ1) is 15.1. The molecule has 5 heteroatoms. The van der Waals surface area contributed by atoms with Crippen LogP contribution in [0, 0.1) is 0 Å². The maximum Gasteiger partial charge on any atom is 0.337 e. The Bertz CT molecular complexity index is 612. The highest BCUT2D eigenvalue weighted by atomic mass is 79.9. The van der Waals surface area contributed by atoms with E-state index in [0.29, 0.717) is 12.1 Å². The number of hydrogen-bond donors (Lipinski definition) is 1. The van der Waals surface area contributed by atoms with Gasteiger partial charge < -0.3 is 10.1 Å². The number of hydrogen-bond acceptors (Lipinski definition) is 3. The average molecular weight is 399 g/mol. The molecule has 0 aliphatic carbocycles. The van der Waals surface area contributed by atoms with E-state index < -0.39 is 0 Å². The average Bonchev–Trinajstić information content (AvgIpc) is 2.46. The Hall–Kier alpha value is -1.33. The van der Waals surface area contributed by atoms with Gasteiger partial charge in [0.15, 0.2) is 0 Å². The molecule has 0 saturated heterocycles. The van der Waals surface area contributed by atoms with E-state index in [4.69, 9.17) is 0 Å². The van der Waals surface area contributed by atoms with Crippen molar-refractivity contribution in [2.75, 3.05) is 12.4 Å². The number of methoxy groups -OCH3 is 1. The van der Waals surface area contributed by atoms with E-state index in [1.54, 1.807) is 12.1 Å². The van der Waals surface area contributed by atoms with E-state index in [2.05, 4.69) is 41.9 Å². The summed E-state index contributed by atoms with van der Waals surface area (Å²) in [7, 11) is 1.38. The summed E-state index contributed by atoms with van der Waals surface area (Å²) in [5, 5.41) is 3.34. The van der Waals surface area contributed by atoms with Gasteiger partial charge in [0, 0.05) is 21.2 Å². The molecule has 2 rings (SSSR count). The van der Waals surface area contributed by atoms with Gasteiger partial charge in [0.25, 0.3) is 0 Å². The van der Waals surface area contributed by atoms with Crippen LogP contribution in [0.4, 0.5) is 5.69 Å². The second-order valence-electron chi connectivity index (χ2n) is 4.17. The highest BCUT2D eigenvalue weighted by Gasteiger charge is 2.05. The Balaban J connectivity index is 2.02. The standard InChI is InChI=1S/C15H13Br2NO2/c1-20-15(19)11-4-2-10(3-5-11)9-18-14-7-6-12(16)8-13(14)17/h2-8,18H,9H2,1H3. The van der Waals surface area contributed by atoms with Gasteiger partial charge in [-0.05, 0) is 51.8 Å². The lowest BCUT2D eigenvalue weighted by atomic mass is 10.1. The maximum atomic E-state index is 11.3. The van der Waals surface area contributed by atoms with E-state index >= 15 is 0 Å². The summed E-state index contributed by atoms with van der Waals surface area (Å²) in [5.74, 6) is -0.319. The van der Waals surface area contributed by atoms with Crippen LogP contribution in [0.25, 0.3) is 0 Å². The van der Waals surface area contributed by atoms with Crippen molar-refractivity contribution in [1.82, 2.24) is 0 Å². The third-order valence-electron chi connectivity index (χ3n) is 2.79. The number of rotatable bonds is 4. The molecular formula is C15H13Br2NO2. The van der Waals surface area contributed by atoms with Gasteiger partial charge in [-0.1, -0.05) is 28.1 Å². The summed E-state index contributed by atoms with van der Waals surface area (Å²) in [6.45, 7) is 0.682. The van der Waals surface area contributed by atoms with Crippen LogP contribution in [0.5, 0.6) is 0 Å². The van der Waals surface area contributed by atoms with Gasteiger partial charge in [0.05, 0.1) is 12.7 Å². The number of halogens is 2. The lowest BCUT2D eigenvalue weighted by Crippen LogP contribution is -2.03. The minimum atomic E-state index is -0.319. The molecule has 0 spiro atoms. The fourth-order valence-corrected chi connectivity index (χ4v) is 2.89. The number of nitrogens with one attached hydrogen (secondary N) is 1. The zero-order valence-electron chi connectivity index (χ0n) is 10.8. The third kappa shape index (κ3) is 3.84. The molecular weight excluding hydrogens is 386 g/mol. The van der Waals surface area contributed by atoms with Gasteiger partial charge in [-0.3, -0.25) is 0 Å². The van der Waals surface area contributed by atoms with Crippen molar-refractivity contribution in [3.63, 3.8) is 0 Å². The minimum absolute atomic E-state index is 0.319. The topological polar surface area (TPSA) is 38.3 Å². The van der Waals surface area contributed by atoms with E-state index in [1.807, 2.05) is 30.3 Å². The van der Waals surface area contributed by atoms with Crippen molar-refractivity contribution in [3.05, 3.63) is 62.5 Å². The molecule has 0 aliphatic heterocycles. The molecule has 0 atom stereocenters. The largest absolute Gasteiger partial charge is 0.465 e. The summed E-state index contributed by atoms with van der Waals surface area (Å²) in [6.07, 6.45) is 0. The third-order valence-corrected chi connectivity index (χ3v) is 3.94. The van der Waals surface area contributed by atoms with Crippen molar-refractivity contribution < 1.29 is 9.53 Å². The Labute approximate surface area is 134 Å². The van der Waals surface area contributed by atoms with Gasteiger partial charge in [-0.25, -0.2) is 4.79 Å². The van der Waals surface area contributed by atoms with Crippen molar-refractivity contribution in [3.8, 4) is 0 Å². The fourth-order valence-electron chi connectivity index (χ4n) is 1.71. The molecule has 2 aromatic rings. The highest BCUT2D eigenvalue weighted by molar-refractivity contribution is 9.11. The first-order chi connectivity index (χ1) is 9.60. The quantitative estimate of drug-likeness (QED) is 0.764. The molecule has 0 heterocycles. The van der Waals surface area contributed by atoms with Gasteiger partial charge in [0.1, 0.15) is 0 Å².